The van der Waals surface area contributed by atoms with Crippen LogP contribution in [0.2, 0.25) is 0 Å². The number of carbonyl (C=O) groups excluding carboxylic acids is 1. The molecule has 1 aromatic rings. The monoisotopic (exact) mass is 446 g/mol. The molecule has 8 N–H and O–H groups in total. The second-order valence-corrected chi connectivity index (χ2v) is 4.66. The van der Waals surface area contributed by atoms with E-state index in [2.05, 4.69) is 11.6 Å². The lowest BCUT2D eigenvalue weighted by Gasteiger charge is -1.91. The van der Waals surface area contributed by atoms with E-state index in [0.717, 1.165) is 0 Å². The van der Waals surface area contributed by atoms with Crippen molar-refractivity contribution < 1.29 is 64.2 Å². The van der Waals surface area contributed by atoms with E-state index in [9.17, 15) is 24.0 Å². The van der Waals surface area contributed by atoms with Gasteiger partial charge in [-0.15, -0.1) is 0 Å². The molecule has 1 aromatic heterocycles. The Hall–Kier alpha value is -4.82. The van der Waals surface area contributed by atoms with Crippen LogP contribution in [-0.2, 0) is 28.8 Å². The van der Waals surface area contributed by atoms with Crippen LogP contribution in [-0.4, -0.2) is 77.3 Å². The molecule has 0 aliphatic rings. The third kappa shape index (κ3) is 25.2. The minimum Gasteiger partial charge on any atom is -0.481 e. The summed E-state index contributed by atoms with van der Waals surface area (Å²) in [4.78, 5) is 70.8. The minimum absolute atomic E-state index is 0.303. The van der Waals surface area contributed by atoms with Crippen LogP contribution in [0.5, 0.6) is 0 Å². The van der Waals surface area contributed by atoms with Gasteiger partial charge in [0.05, 0.1) is 12.0 Å². The fraction of sp³-hybridized carbons (Fsp3) is 0.125. The van der Waals surface area contributed by atoms with Crippen molar-refractivity contribution in [2.75, 3.05) is 0 Å². The Bertz CT molecular complexity index is 794. The Morgan fingerprint density at radius 3 is 1.32 bits per heavy atom. The molecule has 15 heteroatoms. The first kappa shape index (κ1) is 30.9. The number of rotatable bonds is 6. The van der Waals surface area contributed by atoms with Gasteiger partial charge in [-0.05, 0) is 12.1 Å². The molecule has 0 bridgehead atoms. The van der Waals surface area contributed by atoms with E-state index < -0.39 is 54.6 Å². The van der Waals surface area contributed by atoms with Crippen LogP contribution in [0.1, 0.15) is 23.2 Å². The summed E-state index contributed by atoms with van der Waals surface area (Å²) in [5.74, 6) is -9.16. The molecule has 31 heavy (non-hydrogen) atoms. The Labute approximate surface area is 172 Å². The first-order valence-electron chi connectivity index (χ1n) is 7.34. The van der Waals surface area contributed by atoms with E-state index >= 15 is 0 Å². The normalized spacial score (nSPS) is 8.26. The lowest BCUT2D eigenvalue weighted by Crippen LogP contribution is -2.10. The number of pyridine rings is 1. The van der Waals surface area contributed by atoms with E-state index in [1.54, 1.807) is 18.3 Å². The molecule has 0 aliphatic heterocycles. The third-order valence-corrected chi connectivity index (χ3v) is 2.10. The number of aromatic nitrogens is 1. The molecule has 1 amide bonds. The molecule has 15 nitrogen and oxygen atoms in total. The van der Waals surface area contributed by atoms with Crippen molar-refractivity contribution in [3.05, 3.63) is 42.2 Å². The number of carboxylic acid groups (broad SMARTS) is 6. The summed E-state index contributed by atoms with van der Waals surface area (Å²) in [7, 11) is 0. The molecule has 1 heterocycles. The summed E-state index contributed by atoms with van der Waals surface area (Å²) in [6.45, 7) is 3.01. The Morgan fingerprint density at radius 2 is 1.19 bits per heavy atom. The Morgan fingerprint density at radius 1 is 0.774 bits per heavy atom. The molecule has 0 radical (unpaired) electrons. The smallest absolute Gasteiger partial charge is 0.414 e. The summed E-state index contributed by atoms with van der Waals surface area (Å²) >= 11 is 0. The molecule has 0 aromatic carbocycles. The highest BCUT2D eigenvalue weighted by Crippen LogP contribution is 1.95. The van der Waals surface area contributed by atoms with Gasteiger partial charge in [0.15, 0.2) is 0 Å². The van der Waals surface area contributed by atoms with Gasteiger partial charge in [-0.2, -0.15) is 0 Å². The number of nitrogens with zero attached hydrogens (tertiary/aromatic N) is 1. The van der Waals surface area contributed by atoms with Gasteiger partial charge in [0.1, 0.15) is 6.42 Å². The molecular weight excluding hydrogens is 428 g/mol. The highest BCUT2D eigenvalue weighted by Gasteiger charge is 2.07. The number of amides is 1. The van der Waals surface area contributed by atoms with Crippen LogP contribution in [0, 0.1) is 0 Å². The van der Waals surface area contributed by atoms with Crippen molar-refractivity contribution >= 4 is 41.7 Å². The maximum Gasteiger partial charge on any atom is 0.414 e. The van der Waals surface area contributed by atoms with E-state index in [4.69, 9.17) is 46.0 Å². The van der Waals surface area contributed by atoms with Crippen LogP contribution in [0.4, 0.5) is 0 Å². The van der Waals surface area contributed by atoms with E-state index in [0.29, 0.717) is 5.56 Å². The summed E-state index contributed by atoms with van der Waals surface area (Å²) in [6.07, 6.45) is 1.71. The van der Waals surface area contributed by atoms with Crippen molar-refractivity contribution in [2.45, 2.75) is 12.8 Å². The van der Waals surface area contributed by atoms with Crippen LogP contribution in [0.15, 0.2) is 36.7 Å². The van der Waals surface area contributed by atoms with Crippen molar-refractivity contribution in [3.8, 4) is 0 Å². The number of hydrogen-bond acceptors (Lipinski definition) is 8. The molecular formula is C16H18N2O13. The number of hydrogen-bond donors (Lipinski definition) is 7. The summed E-state index contributed by atoms with van der Waals surface area (Å²) in [6, 6.07) is 3.29. The van der Waals surface area contributed by atoms with Crippen LogP contribution >= 0.6 is 0 Å². The van der Waals surface area contributed by atoms with Crippen molar-refractivity contribution in [2.24, 2.45) is 5.73 Å². The molecule has 0 aliphatic carbocycles. The number of carbonyl (C=O) groups is 7. The summed E-state index contributed by atoms with van der Waals surface area (Å²) in [5, 5.41) is 46.3. The minimum atomic E-state index is -1.82. The SMILES string of the molecule is C=C(CC(=O)O)C(=O)O.NC(=O)c1cccnc1.O=C(O)C(=O)O.O=C(O)CC(=O)O. The quantitative estimate of drug-likeness (QED) is 0.156. The number of nitrogens with two attached hydrogens (primary N) is 1. The van der Waals surface area contributed by atoms with Crippen LogP contribution in [0.3, 0.4) is 0 Å². The van der Waals surface area contributed by atoms with Crippen molar-refractivity contribution in [1.82, 2.24) is 4.98 Å². The summed E-state index contributed by atoms with van der Waals surface area (Å²) in [5.41, 5.74) is 5.07. The fourth-order valence-corrected chi connectivity index (χ4v) is 0.896. The predicted molar refractivity (Wildman–Crippen MR) is 96.9 cm³/mol. The van der Waals surface area contributed by atoms with Gasteiger partial charge >= 0.3 is 35.8 Å². The van der Waals surface area contributed by atoms with Gasteiger partial charge < -0.3 is 36.4 Å². The molecule has 0 spiro atoms. The predicted octanol–water partition coefficient (Wildman–Crippen LogP) is -1.02. The van der Waals surface area contributed by atoms with Gasteiger partial charge in [0.25, 0.3) is 0 Å². The molecule has 1 rings (SSSR count). The summed E-state index contributed by atoms with van der Waals surface area (Å²) < 4.78 is 0. The maximum absolute atomic E-state index is 10.4. The Balaban J connectivity index is -0.000000342. The van der Waals surface area contributed by atoms with E-state index in [-0.39, 0.29) is 5.57 Å². The zero-order valence-electron chi connectivity index (χ0n) is 15.5. The standard InChI is InChI=1S/C6H6N2O.C5H6O4.C3H4O4.C2H2O4/c7-6(9)5-2-1-3-8-4-5;1-3(5(8)9)2-4(6)7;4-2(5)1-3(6)7;3-1(4)2(5)6/h1-4H,(H2,7,9);1-2H2,(H,6,7)(H,8,9);1H2,(H,4,5)(H,6,7);(H,3,4)(H,5,6). The number of aliphatic carboxylic acids is 6. The second-order valence-electron chi connectivity index (χ2n) is 4.66. The first-order chi connectivity index (χ1) is 14.1. The lowest BCUT2D eigenvalue weighted by molar-refractivity contribution is -0.159. The maximum atomic E-state index is 10.4. The lowest BCUT2D eigenvalue weighted by atomic mass is 10.2. The number of primary amides is 1. The molecule has 0 unspecified atom stereocenters. The number of carboxylic acids is 6. The van der Waals surface area contributed by atoms with Crippen LogP contribution < -0.4 is 5.73 Å². The molecule has 170 valence electrons. The average molecular weight is 446 g/mol. The van der Waals surface area contributed by atoms with Crippen molar-refractivity contribution in [3.63, 3.8) is 0 Å². The average Bonchev–Trinajstić information content (AvgIpc) is 2.62. The zero-order valence-corrected chi connectivity index (χ0v) is 15.5. The third-order valence-electron chi connectivity index (χ3n) is 2.10. The van der Waals surface area contributed by atoms with Crippen molar-refractivity contribution in [1.29, 1.82) is 0 Å². The van der Waals surface area contributed by atoms with E-state index in [1.807, 2.05) is 0 Å². The largest absolute Gasteiger partial charge is 0.481 e. The molecule has 0 fully saturated rings. The highest BCUT2D eigenvalue weighted by atomic mass is 16.4. The first-order valence-corrected chi connectivity index (χ1v) is 7.34. The molecule has 0 saturated heterocycles. The van der Waals surface area contributed by atoms with Crippen LogP contribution in [0.25, 0.3) is 0 Å². The van der Waals surface area contributed by atoms with E-state index in [1.165, 1.54) is 6.20 Å². The zero-order chi connectivity index (χ0) is 25.1. The molecule has 0 saturated carbocycles. The topological polar surface area (TPSA) is 280 Å². The fourth-order valence-electron chi connectivity index (χ4n) is 0.896. The Kier molecular flexibility index (Phi) is 17.2. The second kappa shape index (κ2) is 17.3. The van der Waals surface area contributed by atoms with Gasteiger partial charge in [0.2, 0.25) is 5.91 Å². The van der Waals surface area contributed by atoms with Gasteiger partial charge in [-0.3, -0.25) is 24.2 Å². The molecule has 0 atom stereocenters. The highest BCUT2D eigenvalue weighted by molar-refractivity contribution is 6.27. The van der Waals surface area contributed by atoms with Gasteiger partial charge in [-0.25, -0.2) is 14.4 Å². The van der Waals surface area contributed by atoms with Gasteiger partial charge in [0, 0.05) is 18.0 Å². The van der Waals surface area contributed by atoms with Gasteiger partial charge in [-0.1, -0.05) is 6.58 Å².